The van der Waals surface area contributed by atoms with E-state index < -0.39 is 0 Å². The third-order valence-corrected chi connectivity index (χ3v) is 3.82. The lowest BCUT2D eigenvalue weighted by Gasteiger charge is -2.12. The van der Waals surface area contributed by atoms with Crippen molar-refractivity contribution < 1.29 is 4.74 Å². The molecule has 2 N–H and O–H groups in total. The number of rotatable bonds is 4. The number of ether oxygens (including phenoxy) is 1. The first-order valence-corrected chi connectivity index (χ1v) is 7.13. The van der Waals surface area contributed by atoms with Gasteiger partial charge < -0.3 is 10.5 Å². The number of hydrogen-bond donors (Lipinski definition) is 1. The van der Waals surface area contributed by atoms with Crippen LogP contribution in [0.5, 0.6) is 11.5 Å². The second kappa shape index (κ2) is 6.22. The van der Waals surface area contributed by atoms with E-state index in [-0.39, 0.29) is 0 Å². The molecule has 0 heterocycles. The zero-order valence-electron chi connectivity index (χ0n) is 11.2. The van der Waals surface area contributed by atoms with Gasteiger partial charge in [-0.3, -0.25) is 0 Å². The summed E-state index contributed by atoms with van der Waals surface area (Å²) in [7, 11) is 0. The van der Waals surface area contributed by atoms with E-state index in [1.165, 1.54) is 16.7 Å². The summed E-state index contributed by atoms with van der Waals surface area (Å²) in [6, 6.07) is 12.2. The van der Waals surface area contributed by atoms with Crippen molar-refractivity contribution in [1.29, 1.82) is 0 Å². The minimum absolute atomic E-state index is 0.656. The van der Waals surface area contributed by atoms with Crippen LogP contribution in [-0.4, -0.2) is 6.54 Å². The van der Waals surface area contributed by atoms with Crippen molar-refractivity contribution in [2.45, 2.75) is 20.3 Å². The monoisotopic (exact) mass is 319 g/mol. The van der Waals surface area contributed by atoms with Gasteiger partial charge in [-0.05, 0) is 77.6 Å². The average molecular weight is 320 g/mol. The topological polar surface area (TPSA) is 35.2 Å². The van der Waals surface area contributed by atoms with E-state index in [2.05, 4.69) is 48.0 Å². The minimum Gasteiger partial charge on any atom is -0.456 e. The van der Waals surface area contributed by atoms with Gasteiger partial charge in [0.1, 0.15) is 11.5 Å². The molecule has 0 radical (unpaired) electrons. The molecular weight excluding hydrogens is 302 g/mol. The fourth-order valence-electron chi connectivity index (χ4n) is 1.90. The molecule has 0 aliphatic heterocycles. The summed E-state index contributed by atoms with van der Waals surface area (Å²) >= 11 is 3.55. The zero-order chi connectivity index (χ0) is 13.8. The molecule has 0 fully saturated rings. The Bertz CT molecular complexity index is 581. The number of benzene rings is 2. The summed E-state index contributed by atoms with van der Waals surface area (Å²) in [5, 5.41) is 0. The van der Waals surface area contributed by atoms with Crippen LogP contribution in [0.2, 0.25) is 0 Å². The molecule has 0 aliphatic rings. The summed E-state index contributed by atoms with van der Waals surface area (Å²) in [6.45, 7) is 4.81. The average Bonchev–Trinajstić information content (AvgIpc) is 2.38. The predicted molar refractivity (Wildman–Crippen MR) is 82.9 cm³/mol. The molecule has 0 bridgehead atoms. The summed E-state index contributed by atoms with van der Waals surface area (Å²) in [5.41, 5.74) is 9.17. The van der Waals surface area contributed by atoms with E-state index in [1.807, 2.05) is 18.2 Å². The Morgan fingerprint density at radius 2 is 1.89 bits per heavy atom. The van der Waals surface area contributed by atoms with E-state index in [1.54, 1.807) is 0 Å². The SMILES string of the molecule is Cc1cccc(Oc2ccc(CCN)cc2Br)c1C. The lowest BCUT2D eigenvalue weighted by atomic mass is 10.1. The van der Waals surface area contributed by atoms with Crippen LogP contribution in [-0.2, 0) is 6.42 Å². The van der Waals surface area contributed by atoms with E-state index in [0.29, 0.717) is 6.54 Å². The van der Waals surface area contributed by atoms with Crippen molar-refractivity contribution in [3.63, 3.8) is 0 Å². The maximum Gasteiger partial charge on any atom is 0.141 e. The summed E-state index contributed by atoms with van der Waals surface area (Å²) in [5.74, 6) is 1.72. The Morgan fingerprint density at radius 3 is 2.58 bits per heavy atom. The minimum atomic E-state index is 0.656. The fraction of sp³-hybridized carbons (Fsp3) is 0.250. The molecule has 0 spiro atoms. The Balaban J connectivity index is 2.26. The first-order chi connectivity index (χ1) is 9.11. The van der Waals surface area contributed by atoms with Crippen LogP contribution < -0.4 is 10.5 Å². The molecule has 2 aromatic rings. The highest BCUT2D eigenvalue weighted by atomic mass is 79.9. The second-order valence-corrected chi connectivity index (χ2v) is 5.46. The van der Waals surface area contributed by atoms with Gasteiger partial charge in [0.25, 0.3) is 0 Å². The van der Waals surface area contributed by atoms with Gasteiger partial charge >= 0.3 is 0 Å². The number of nitrogens with two attached hydrogens (primary N) is 1. The molecule has 0 aliphatic carbocycles. The van der Waals surface area contributed by atoms with E-state index in [4.69, 9.17) is 10.5 Å². The van der Waals surface area contributed by atoms with Crippen LogP contribution in [0, 0.1) is 13.8 Å². The molecule has 0 atom stereocenters. The van der Waals surface area contributed by atoms with Gasteiger partial charge in [-0.15, -0.1) is 0 Å². The quantitative estimate of drug-likeness (QED) is 0.908. The maximum absolute atomic E-state index is 5.98. The highest BCUT2D eigenvalue weighted by Gasteiger charge is 2.07. The molecule has 0 saturated heterocycles. The van der Waals surface area contributed by atoms with Crippen molar-refractivity contribution >= 4 is 15.9 Å². The summed E-state index contributed by atoms with van der Waals surface area (Å²) < 4.78 is 6.93. The van der Waals surface area contributed by atoms with Crippen molar-refractivity contribution in [3.8, 4) is 11.5 Å². The Hall–Kier alpha value is -1.32. The van der Waals surface area contributed by atoms with Gasteiger partial charge in [0.2, 0.25) is 0 Å². The van der Waals surface area contributed by atoms with Crippen molar-refractivity contribution in [2.24, 2.45) is 5.73 Å². The summed E-state index contributed by atoms with van der Waals surface area (Å²) in [6.07, 6.45) is 0.877. The van der Waals surface area contributed by atoms with Gasteiger partial charge in [-0.2, -0.15) is 0 Å². The van der Waals surface area contributed by atoms with Crippen LogP contribution in [0.3, 0.4) is 0 Å². The Kier molecular flexibility index (Phi) is 4.61. The molecule has 3 heteroatoms. The van der Waals surface area contributed by atoms with Crippen LogP contribution in [0.15, 0.2) is 40.9 Å². The molecule has 0 aromatic heterocycles. The molecule has 0 amide bonds. The maximum atomic E-state index is 5.98. The third-order valence-electron chi connectivity index (χ3n) is 3.20. The molecular formula is C16H18BrNO. The van der Waals surface area contributed by atoms with Crippen molar-refractivity contribution in [2.75, 3.05) is 6.54 Å². The molecule has 0 saturated carbocycles. The first kappa shape index (κ1) is 14.1. The Labute approximate surface area is 122 Å². The molecule has 2 aromatic carbocycles. The smallest absolute Gasteiger partial charge is 0.141 e. The number of aryl methyl sites for hydroxylation is 1. The third kappa shape index (κ3) is 3.37. The summed E-state index contributed by atoms with van der Waals surface area (Å²) in [4.78, 5) is 0. The predicted octanol–water partition coefficient (Wildman–Crippen LogP) is 4.36. The Morgan fingerprint density at radius 1 is 1.11 bits per heavy atom. The molecule has 0 unspecified atom stereocenters. The van der Waals surface area contributed by atoms with Crippen LogP contribution in [0.4, 0.5) is 0 Å². The van der Waals surface area contributed by atoms with E-state index in [0.717, 1.165) is 22.4 Å². The largest absolute Gasteiger partial charge is 0.456 e. The number of halogens is 1. The molecule has 100 valence electrons. The second-order valence-electron chi connectivity index (χ2n) is 4.60. The normalized spacial score (nSPS) is 10.5. The molecule has 19 heavy (non-hydrogen) atoms. The first-order valence-electron chi connectivity index (χ1n) is 6.34. The van der Waals surface area contributed by atoms with Gasteiger partial charge in [0.15, 0.2) is 0 Å². The lowest BCUT2D eigenvalue weighted by Crippen LogP contribution is -2.02. The van der Waals surface area contributed by atoms with Gasteiger partial charge in [0, 0.05) is 0 Å². The highest BCUT2D eigenvalue weighted by Crippen LogP contribution is 2.32. The zero-order valence-corrected chi connectivity index (χ0v) is 12.8. The lowest BCUT2D eigenvalue weighted by molar-refractivity contribution is 0.475. The molecule has 2 rings (SSSR count). The van der Waals surface area contributed by atoms with Gasteiger partial charge in [-0.1, -0.05) is 18.2 Å². The van der Waals surface area contributed by atoms with Gasteiger partial charge in [0.05, 0.1) is 4.47 Å². The van der Waals surface area contributed by atoms with Crippen LogP contribution in [0.1, 0.15) is 16.7 Å². The number of hydrogen-bond acceptors (Lipinski definition) is 2. The van der Waals surface area contributed by atoms with Crippen molar-refractivity contribution in [1.82, 2.24) is 0 Å². The van der Waals surface area contributed by atoms with Crippen molar-refractivity contribution in [3.05, 3.63) is 57.6 Å². The van der Waals surface area contributed by atoms with E-state index >= 15 is 0 Å². The standard InChI is InChI=1S/C16H18BrNO/c1-11-4-3-5-15(12(11)2)19-16-7-6-13(8-9-18)10-14(16)17/h3-7,10H,8-9,18H2,1-2H3. The van der Waals surface area contributed by atoms with Gasteiger partial charge in [-0.25, -0.2) is 0 Å². The fourth-order valence-corrected chi connectivity index (χ4v) is 2.41. The van der Waals surface area contributed by atoms with Crippen LogP contribution >= 0.6 is 15.9 Å². The highest BCUT2D eigenvalue weighted by molar-refractivity contribution is 9.10. The van der Waals surface area contributed by atoms with E-state index in [9.17, 15) is 0 Å². The van der Waals surface area contributed by atoms with Crippen LogP contribution in [0.25, 0.3) is 0 Å². The molecule has 2 nitrogen and oxygen atoms in total.